The molecule has 0 aliphatic carbocycles. The Labute approximate surface area is 175 Å². The highest BCUT2D eigenvalue weighted by atomic mass is 32.1. The second-order valence-electron chi connectivity index (χ2n) is 7.82. The highest BCUT2D eigenvalue weighted by Crippen LogP contribution is 2.28. The van der Waals surface area contributed by atoms with E-state index in [0.29, 0.717) is 16.3 Å². The molecule has 30 heavy (non-hydrogen) atoms. The van der Waals surface area contributed by atoms with Crippen LogP contribution < -0.4 is 5.56 Å². The van der Waals surface area contributed by atoms with E-state index < -0.39 is 23.1 Å². The summed E-state index contributed by atoms with van der Waals surface area (Å²) in [7, 11) is 0. The number of hydrogen-bond acceptors (Lipinski definition) is 5. The molecule has 0 spiro atoms. The number of aromatic nitrogens is 2. The number of likely N-dealkylation sites (tertiary alicyclic amines) is 1. The molecule has 2 aromatic heterocycles. The van der Waals surface area contributed by atoms with Gasteiger partial charge < -0.3 is 10.0 Å². The standard InChI is InChI=1S/C21H21F2N3O3S/c1-12-13(2)30-18-17(12)20(28)26(11-24-18)10-21(29)3-5-25(6-4-21)19(27)14-7-15(22)9-16(23)8-14/h7-9,11,29H,3-6,10H2,1-2H3. The van der Waals surface area contributed by atoms with Gasteiger partial charge in [0.15, 0.2) is 0 Å². The van der Waals surface area contributed by atoms with E-state index in [9.17, 15) is 23.5 Å². The molecule has 1 N–H and O–H groups in total. The molecule has 4 rings (SSSR count). The number of fused-ring (bicyclic) bond motifs is 1. The zero-order valence-electron chi connectivity index (χ0n) is 16.6. The van der Waals surface area contributed by atoms with Gasteiger partial charge in [-0.05, 0) is 44.4 Å². The van der Waals surface area contributed by atoms with Crippen molar-refractivity contribution in [3.8, 4) is 0 Å². The fourth-order valence-electron chi connectivity index (χ4n) is 3.84. The zero-order valence-corrected chi connectivity index (χ0v) is 17.4. The number of amides is 1. The number of carbonyl (C=O) groups is 1. The largest absolute Gasteiger partial charge is 0.388 e. The molecule has 3 heterocycles. The number of hydrogen-bond donors (Lipinski definition) is 1. The Kier molecular flexibility index (Phi) is 5.19. The third kappa shape index (κ3) is 3.75. The number of thiophene rings is 1. The van der Waals surface area contributed by atoms with E-state index in [2.05, 4.69) is 4.98 Å². The van der Waals surface area contributed by atoms with Gasteiger partial charge in [0.05, 0.1) is 23.9 Å². The lowest BCUT2D eigenvalue weighted by molar-refractivity contribution is -0.0299. The van der Waals surface area contributed by atoms with Gasteiger partial charge in [0, 0.05) is 29.6 Å². The monoisotopic (exact) mass is 433 g/mol. The molecule has 0 radical (unpaired) electrons. The van der Waals surface area contributed by atoms with Crippen LogP contribution in [0.3, 0.4) is 0 Å². The van der Waals surface area contributed by atoms with Crippen molar-refractivity contribution in [1.82, 2.24) is 14.5 Å². The van der Waals surface area contributed by atoms with Gasteiger partial charge in [-0.2, -0.15) is 0 Å². The van der Waals surface area contributed by atoms with Gasteiger partial charge in [-0.25, -0.2) is 13.8 Å². The number of aliphatic hydroxyl groups is 1. The van der Waals surface area contributed by atoms with Crippen molar-refractivity contribution in [2.24, 2.45) is 0 Å². The van der Waals surface area contributed by atoms with Crippen LogP contribution in [0.2, 0.25) is 0 Å². The Morgan fingerprint density at radius 1 is 1.20 bits per heavy atom. The Morgan fingerprint density at radius 2 is 1.83 bits per heavy atom. The molecule has 0 atom stereocenters. The van der Waals surface area contributed by atoms with E-state index in [-0.39, 0.29) is 43.6 Å². The number of halogens is 2. The van der Waals surface area contributed by atoms with E-state index in [4.69, 9.17) is 0 Å². The molecule has 1 saturated heterocycles. The first-order valence-electron chi connectivity index (χ1n) is 9.60. The first kappa shape index (κ1) is 20.6. The molecule has 9 heteroatoms. The van der Waals surface area contributed by atoms with Crippen LogP contribution in [-0.2, 0) is 6.54 Å². The van der Waals surface area contributed by atoms with Gasteiger partial charge in [0.1, 0.15) is 16.5 Å². The minimum absolute atomic E-state index is 0.0629. The van der Waals surface area contributed by atoms with Crippen molar-refractivity contribution in [2.75, 3.05) is 13.1 Å². The number of piperidine rings is 1. The Hall–Kier alpha value is -2.65. The smallest absolute Gasteiger partial charge is 0.262 e. The maximum Gasteiger partial charge on any atom is 0.262 e. The average molecular weight is 433 g/mol. The maximum atomic E-state index is 13.4. The highest BCUT2D eigenvalue weighted by Gasteiger charge is 2.35. The fourth-order valence-corrected chi connectivity index (χ4v) is 4.83. The SMILES string of the molecule is Cc1sc2ncn(CC3(O)CCN(C(=O)c4cc(F)cc(F)c4)CC3)c(=O)c2c1C. The molecule has 0 bridgehead atoms. The minimum atomic E-state index is -1.18. The van der Waals surface area contributed by atoms with Crippen LogP contribution in [0.25, 0.3) is 10.2 Å². The van der Waals surface area contributed by atoms with Gasteiger partial charge in [-0.1, -0.05) is 0 Å². The Morgan fingerprint density at radius 3 is 2.47 bits per heavy atom. The summed E-state index contributed by atoms with van der Waals surface area (Å²) in [5.41, 5.74) is -0.532. The zero-order chi connectivity index (χ0) is 21.6. The quantitative estimate of drug-likeness (QED) is 0.689. The molecule has 1 aliphatic rings. The summed E-state index contributed by atoms with van der Waals surface area (Å²) in [6, 6.07) is 2.71. The van der Waals surface area contributed by atoms with Gasteiger partial charge >= 0.3 is 0 Å². The van der Waals surface area contributed by atoms with Gasteiger partial charge in [-0.15, -0.1) is 11.3 Å². The van der Waals surface area contributed by atoms with E-state index >= 15 is 0 Å². The number of nitrogens with zero attached hydrogens (tertiary/aromatic N) is 3. The molecule has 1 aliphatic heterocycles. The molecule has 3 aromatic rings. The van der Waals surface area contributed by atoms with Crippen LogP contribution >= 0.6 is 11.3 Å². The average Bonchev–Trinajstić information content (AvgIpc) is 2.98. The van der Waals surface area contributed by atoms with Crippen molar-refractivity contribution in [3.63, 3.8) is 0 Å². The topological polar surface area (TPSA) is 75.4 Å². The van der Waals surface area contributed by atoms with Crippen LogP contribution in [-0.4, -0.2) is 44.2 Å². The Bertz CT molecular complexity index is 1180. The molecule has 0 saturated carbocycles. The van der Waals surface area contributed by atoms with Gasteiger partial charge in [0.2, 0.25) is 0 Å². The molecule has 6 nitrogen and oxygen atoms in total. The lowest BCUT2D eigenvalue weighted by atomic mass is 9.91. The fraction of sp³-hybridized carbons (Fsp3) is 0.381. The first-order valence-corrected chi connectivity index (χ1v) is 10.4. The van der Waals surface area contributed by atoms with Crippen LogP contribution in [0.15, 0.2) is 29.3 Å². The second kappa shape index (κ2) is 7.55. The van der Waals surface area contributed by atoms with Gasteiger partial charge in [-0.3, -0.25) is 14.2 Å². The predicted octanol–water partition coefficient (Wildman–Crippen LogP) is 3.02. The normalized spacial score (nSPS) is 16.2. The third-order valence-corrected chi connectivity index (χ3v) is 6.83. The van der Waals surface area contributed by atoms with Crippen LogP contribution in [0.5, 0.6) is 0 Å². The number of rotatable bonds is 3. The van der Waals surface area contributed by atoms with E-state index in [1.165, 1.54) is 27.1 Å². The first-order chi connectivity index (χ1) is 14.2. The molecule has 158 valence electrons. The lowest BCUT2D eigenvalue weighted by Gasteiger charge is -2.38. The Balaban J connectivity index is 1.50. The highest BCUT2D eigenvalue weighted by molar-refractivity contribution is 7.18. The van der Waals surface area contributed by atoms with Crippen molar-refractivity contribution in [3.05, 3.63) is 62.5 Å². The molecular formula is C21H21F2N3O3S. The summed E-state index contributed by atoms with van der Waals surface area (Å²) in [4.78, 5) is 33.0. The molecule has 1 fully saturated rings. The van der Waals surface area contributed by atoms with E-state index in [0.717, 1.165) is 22.6 Å². The van der Waals surface area contributed by atoms with Crippen molar-refractivity contribution in [2.45, 2.75) is 38.8 Å². The minimum Gasteiger partial charge on any atom is -0.388 e. The van der Waals surface area contributed by atoms with Crippen molar-refractivity contribution < 1.29 is 18.7 Å². The number of aryl methyl sites for hydroxylation is 2. The van der Waals surface area contributed by atoms with Crippen molar-refractivity contribution in [1.29, 1.82) is 0 Å². The van der Waals surface area contributed by atoms with Crippen LogP contribution in [0.1, 0.15) is 33.6 Å². The molecule has 1 amide bonds. The van der Waals surface area contributed by atoms with Crippen LogP contribution in [0.4, 0.5) is 8.78 Å². The maximum absolute atomic E-state index is 13.4. The summed E-state index contributed by atoms with van der Waals surface area (Å²) in [6.07, 6.45) is 1.93. The van der Waals surface area contributed by atoms with Crippen molar-refractivity contribution >= 4 is 27.5 Å². The number of benzene rings is 1. The molecular weight excluding hydrogens is 412 g/mol. The lowest BCUT2D eigenvalue weighted by Crippen LogP contribution is -2.49. The summed E-state index contributed by atoms with van der Waals surface area (Å²) in [5, 5.41) is 11.6. The summed E-state index contributed by atoms with van der Waals surface area (Å²) < 4.78 is 28.2. The number of carbonyl (C=O) groups excluding carboxylic acids is 1. The van der Waals surface area contributed by atoms with E-state index in [1.807, 2.05) is 13.8 Å². The van der Waals surface area contributed by atoms with E-state index in [1.54, 1.807) is 0 Å². The van der Waals surface area contributed by atoms with Crippen LogP contribution in [0, 0.1) is 25.5 Å². The molecule has 0 unspecified atom stereocenters. The second-order valence-corrected chi connectivity index (χ2v) is 9.02. The summed E-state index contributed by atoms with van der Waals surface area (Å²) >= 11 is 1.47. The molecule has 1 aromatic carbocycles. The summed E-state index contributed by atoms with van der Waals surface area (Å²) in [6.45, 7) is 4.33. The van der Waals surface area contributed by atoms with Gasteiger partial charge in [0.25, 0.3) is 11.5 Å². The summed E-state index contributed by atoms with van der Waals surface area (Å²) in [5.74, 6) is -2.11. The predicted molar refractivity (Wildman–Crippen MR) is 110 cm³/mol. The third-order valence-electron chi connectivity index (χ3n) is 5.71.